The standard InChI is InChI=1S/C21H32ClNO3/c1-4-7-8-12-15-20(24)26-19(22)16-18(23(5-2)6-3)21(25)17-13-10-9-11-14-17/h9-11,13-14,18-19H,4-8,12,15-16H2,1-3H3. The van der Waals surface area contributed by atoms with Gasteiger partial charge in [0, 0.05) is 18.4 Å². The highest BCUT2D eigenvalue weighted by Gasteiger charge is 2.29. The molecule has 5 heteroatoms. The van der Waals surface area contributed by atoms with Crippen molar-refractivity contribution >= 4 is 23.4 Å². The van der Waals surface area contributed by atoms with Crippen LogP contribution >= 0.6 is 11.6 Å². The van der Waals surface area contributed by atoms with Crippen molar-refractivity contribution in [3.63, 3.8) is 0 Å². The largest absolute Gasteiger partial charge is 0.446 e. The zero-order chi connectivity index (χ0) is 19.4. The Morgan fingerprint density at radius 2 is 1.69 bits per heavy atom. The number of halogens is 1. The van der Waals surface area contributed by atoms with Gasteiger partial charge in [0.05, 0.1) is 6.04 Å². The molecule has 26 heavy (non-hydrogen) atoms. The van der Waals surface area contributed by atoms with Gasteiger partial charge in [-0.05, 0) is 19.5 Å². The number of Topliss-reactive ketones (excluding diaryl/α,β-unsaturated/α-hetero) is 1. The molecule has 1 rings (SSSR count). The third-order valence-corrected chi connectivity index (χ3v) is 4.78. The molecule has 146 valence electrons. The first-order valence-electron chi connectivity index (χ1n) is 9.70. The molecule has 0 bridgehead atoms. The second-order valence-electron chi connectivity index (χ2n) is 6.41. The number of hydrogen-bond donors (Lipinski definition) is 0. The van der Waals surface area contributed by atoms with Gasteiger partial charge in [0.15, 0.2) is 11.3 Å². The van der Waals surface area contributed by atoms with Gasteiger partial charge in [0.2, 0.25) is 0 Å². The third-order valence-electron chi connectivity index (χ3n) is 4.52. The number of alkyl halides is 1. The Balaban J connectivity index is 2.67. The van der Waals surface area contributed by atoms with Crippen LogP contribution in [0.2, 0.25) is 0 Å². The van der Waals surface area contributed by atoms with Gasteiger partial charge in [0.25, 0.3) is 0 Å². The van der Waals surface area contributed by atoms with Crippen LogP contribution in [-0.2, 0) is 9.53 Å². The van der Waals surface area contributed by atoms with Crippen LogP contribution in [-0.4, -0.2) is 41.3 Å². The van der Waals surface area contributed by atoms with Crippen LogP contribution in [0.15, 0.2) is 30.3 Å². The van der Waals surface area contributed by atoms with Crippen LogP contribution in [0, 0.1) is 0 Å². The number of ketones is 1. The first kappa shape index (κ1) is 22.7. The number of esters is 1. The molecular weight excluding hydrogens is 350 g/mol. The van der Waals surface area contributed by atoms with Gasteiger partial charge >= 0.3 is 5.97 Å². The summed E-state index contributed by atoms with van der Waals surface area (Å²) in [6, 6.07) is 8.79. The van der Waals surface area contributed by atoms with E-state index in [0.29, 0.717) is 12.0 Å². The Labute approximate surface area is 162 Å². The van der Waals surface area contributed by atoms with Gasteiger partial charge in [-0.1, -0.05) is 82.0 Å². The molecule has 0 saturated heterocycles. The van der Waals surface area contributed by atoms with Gasteiger partial charge in [-0.3, -0.25) is 14.5 Å². The Bertz CT molecular complexity index is 531. The predicted octanol–water partition coefficient (Wildman–Crippen LogP) is 5.05. The molecule has 0 fully saturated rings. The summed E-state index contributed by atoms with van der Waals surface area (Å²) in [5.41, 5.74) is -0.147. The van der Waals surface area contributed by atoms with E-state index in [-0.39, 0.29) is 18.2 Å². The topological polar surface area (TPSA) is 46.6 Å². The molecule has 0 heterocycles. The molecule has 0 spiro atoms. The second kappa shape index (κ2) is 12.9. The lowest BCUT2D eigenvalue weighted by Crippen LogP contribution is -2.43. The number of carbonyl (C=O) groups excluding carboxylic acids is 2. The molecule has 0 amide bonds. The molecule has 2 unspecified atom stereocenters. The lowest BCUT2D eigenvalue weighted by molar-refractivity contribution is -0.146. The number of likely N-dealkylation sites (N-methyl/N-ethyl adjacent to an activating group) is 1. The first-order valence-corrected chi connectivity index (χ1v) is 10.1. The van der Waals surface area contributed by atoms with Crippen LogP contribution in [0.3, 0.4) is 0 Å². The third kappa shape index (κ3) is 7.88. The molecule has 0 N–H and O–H groups in total. The molecule has 0 aliphatic carbocycles. The first-order chi connectivity index (χ1) is 12.5. The zero-order valence-electron chi connectivity index (χ0n) is 16.2. The molecule has 0 saturated carbocycles. The van der Waals surface area contributed by atoms with Crippen molar-refractivity contribution in [3.05, 3.63) is 35.9 Å². The number of benzene rings is 1. The Hall–Kier alpha value is -1.39. The van der Waals surface area contributed by atoms with Crippen LogP contribution in [0.1, 0.15) is 69.7 Å². The average molecular weight is 382 g/mol. The van der Waals surface area contributed by atoms with Crippen LogP contribution in [0.5, 0.6) is 0 Å². The fourth-order valence-electron chi connectivity index (χ4n) is 3.00. The predicted molar refractivity (Wildman–Crippen MR) is 107 cm³/mol. The van der Waals surface area contributed by atoms with Crippen molar-refractivity contribution in [2.75, 3.05) is 13.1 Å². The SMILES string of the molecule is CCCCCCC(=O)OC(Cl)CC(C(=O)c1ccccc1)N(CC)CC. The highest BCUT2D eigenvalue weighted by atomic mass is 35.5. The molecule has 0 radical (unpaired) electrons. The summed E-state index contributed by atoms with van der Waals surface area (Å²) >= 11 is 6.28. The molecule has 0 aromatic heterocycles. The maximum absolute atomic E-state index is 12.9. The van der Waals surface area contributed by atoms with Crippen molar-refractivity contribution in [3.8, 4) is 0 Å². The maximum atomic E-state index is 12.9. The minimum absolute atomic E-state index is 0.0129. The van der Waals surface area contributed by atoms with Gasteiger partial charge in [-0.2, -0.15) is 0 Å². The summed E-state index contributed by atoms with van der Waals surface area (Å²) in [6.07, 6.45) is 4.75. The van der Waals surface area contributed by atoms with E-state index in [1.54, 1.807) is 0 Å². The van der Waals surface area contributed by atoms with Gasteiger partial charge < -0.3 is 4.74 Å². The van der Waals surface area contributed by atoms with Crippen molar-refractivity contribution in [2.24, 2.45) is 0 Å². The number of hydrogen-bond acceptors (Lipinski definition) is 4. The Kier molecular flexibility index (Phi) is 11.2. The highest BCUT2D eigenvalue weighted by Crippen LogP contribution is 2.19. The number of carbonyl (C=O) groups is 2. The van der Waals surface area contributed by atoms with E-state index in [4.69, 9.17) is 16.3 Å². The van der Waals surface area contributed by atoms with Gasteiger partial charge in [-0.15, -0.1) is 0 Å². The van der Waals surface area contributed by atoms with Crippen molar-refractivity contribution in [1.29, 1.82) is 0 Å². The summed E-state index contributed by atoms with van der Waals surface area (Å²) in [4.78, 5) is 26.9. The highest BCUT2D eigenvalue weighted by molar-refractivity contribution is 6.20. The molecular formula is C21H32ClNO3. The normalized spacial score (nSPS) is 13.4. The number of rotatable bonds is 13. The van der Waals surface area contributed by atoms with Crippen molar-refractivity contribution < 1.29 is 14.3 Å². The Morgan fingerprint density at radius 1 is 1.04 bits per heavy atom. The summed E-state index contributed by atoms with van der Waals surface area (Å²) in [5, 5.41) is 0. The van der Waals surface area contributed by atoms with Gasteiger partial charge in [-0.25, -0.2) is 0 Å². The van der Waals surface area contributed by atoms with E-state index in [2.05, 4.69) is 11.8 Å². The minimum Gasteiger partial charge on any atom is -0.446 e. The summed E-state index contributed by atoms with van der Waals surface area (Å²) in [7, 11) is 0. The van der Waals surface area contributed by atoms with Crippen LogP contribution in [0.4, 0.5) is 0 Å². The van der Waals surface area contributed by atoms with E-state index in [1.807, 2.05) is 44.2 Å². The molecule has 0 aliphatic heterocycles. The maximum Gasteiger partial charge on any atom is 0.307 e. The summed E-state index contributed by atoms with van der Waals surface area (Å²) in [6.45, 7) is 7.61. The second-order valence-corrected chi connectivity index (χ2v) is 6.90. The summed E-state index contributed by atoms with van der Waals surface area (Å²) < 4.78 is 5.33. The van der Waals surface area contributed by atoms with Crippen LogP contribution in [0.25, 0.3) is 0 Å². The van der Waals surface area contributed by atoms with E-state index < -0.39 is 11.6 Å². The monoisotopic (exact) mass is 381 g/mol. The molecule has 4 nitrogen and oxygen atoms in total. The van der Waals surface area contributed by atoms with E-state index >= 15 is 0 Å². The van der Waals surface area contributed by atoms with E-state index in [9.17, 15) is 9.59 Å². The van der Waals surface area contributed by atoms with Crippen molar-refractivity contribution in [2.45, 2.75) is 70.9 Å². The molecule has 1 aromatic rings. The fraction of sp³-hybridized carbons (Fsp3) is 0.619. The van der Waals surface area contributed by atoms with Crippen LogP contribution < -0.4 is 0 Å². The zero-order valence-corrected chi connectivity index (χ0v) is 17.0. The van der Waals surface area contributed by atoms with Crippen molar-refractivity contribution in [1.82, 2.24) is 4.90 Å². The summed E-state index contributed by atoms with van der Waals surface area (Å²) in [5.74, 6) is -0.273. The lowest BCUT2D eigenvalue weighted by Gasteiger charge is -2.29. The number of nitrogens with zero attached hydrogens (tertiary/aromatic N) is 1. The van der Waals surface area contributed by atoms with Gasteiger partial charge in [0.1, 0.15) is 0 Å². The molecule has 0 aliphatic rings. The Morgan fingerprint density at radius 3 is 2.27 bits per heavy atom. The smallest absolute Gasteiger partial charge is 0.307 e. The quantitative estimate of drug-likeness (QED) is 0.207. The van der Waals surface area contributed by atoms with E-state index in [1.165, 1.54) is 0 Å². The molecule has 2 atom stereocenters. The fourth-order valence-corrected chi connectivity index (χ4v) is 3.27. The minimum atomic E-state index is -0.799. The number of ether oxygens (including phenoxy) is 1. The lowest BCUT2D eigenvalue weighted by atomic mass is 10.00. The van der Waals surface area contributed by atoms with E-state index in [0.717, 1.165) is 38.8 Å². The molecule has 1 aromatic carbocycles. The average Bonchev–Trinajstić information content (AvgIpc) is 2.65. The number of unbranched alkanes of at least 4 members (excludes halogenated alkanes) is 3.